The molecule has 0 spiro atoms. The second-order valence-corrected chi connectivity index (χ2v) is 7.99. The van der Waals surface area contributed by atoms with Gasteiger partial charge in [0.15, 0.2) is 0 Å². The Morgan fingerprint density at radius 3 is 2.35 bits per heavy atom. The summed E-state index contributed by atoms with van der Waals surface area (Å²) in [4.78, 5) is 29.1. The second kappa shape index (κ2) is 10.8. The lowest BCUT2D eigenvalue weighted by molar-refractivity contribution is -0.139. The van der Waals surface area contributed by atoms with Crippen molar-refractivity contribution in [3.63, 3.8) is 0 Å². The van der Waals surface area contributed by atoms with E-state index in [1.165, 1.54) is 0 Å². The molecule has 1 aliphatic rings. The van der Waals surface area contributed by atoms with Gasteiger partial charge in [0.2, 0.25) is 0 Å². The molecule has 7 nitrogen and oxygen atoms in total. The van der Waals surface area contributed by atoms with E-state index < -0.39 is 11.8 Å². The number of likely N-dealkylation sites (tertiary alicyclic amines) is 1. The summed E-state index contributed by atoms with van der Waals surface area (Å²) in [6, 6.07) is 15.8. The Hall–Kier alpha value is -3.06. The number of ether oxygens (including phenoxy) is 1. The largest absolute Gasteiger partial charge is 0.497 e. The van der Waals surface area contributed by atoms with Gasteiger partial charge >= 0.3 is 11.8 Å². The Balaban J connectivity index is 1.58. The zero-order valence-corrected chi connectivity index (χ0v) is 18.6. The van der Waals surface area contributed by atoms with Crippen molar-refractivity contribution in [1.82, 2.24) is 15.5 Å². The SMILES string of the molecule is COc1cccc(CNC(=O)C(=O)NC[C@H](c2ccc(N(C)C)cc2)N2CCCC2)c1. The minimum Gasteiger partial charge on any atom is -0.497 e. The van der Waals surface area contributed by atoms with Crippen molar-refractivity contribution in [1.29, 1.82) is 0 Å². The number of nitrogens with zero attached hydrogens (tertiary/aromatic N) is 2. The van der Waals surface area contributed by atoms with Crippen LogP contribution in [0.2, 0.25) is 0 Å². The summed E-state index contributed by atoms with van der Waals surface area (Å²) in [5, 5.41) is 5.50. The first-order chi connectivity index (χ1) is 15.0. The van der Waals surface area contributed by atoms with Crippen molar-refractivity contribution in [2.45, 2.75) is 25.4 Å². The fourth-order valence-electron chi connectivity index (χ4n) is 3.82. The second-order valence-electron chi connectivity index (χ2n) is 7.99. The van der Waals surface area contributed by atoms with Crippen LogP contribution < -0.4 is 20.3 Å². The highest BCUT2D eigenvalue weighted by Crippen LogP contribution is 2.26. The topological polar surface area (TPSA) is 73.9 Å². The van der Waals surface area contributed by atoms with Crippen molar-refractivity contribution < 1.29 is 14.3 Å². The van der Waals surface area contributed by atoms with Crippen molar-refractivity contribution in [3.05, 3.63) is 59.7 Å². The van der Waals surface area contributed by atoms with Gasteiger partial charge in [0.25, 0.3) is 0 Å². The molecule has 1 fully saturated rings. The van der Waals surface area contributed by atoms with Crippen LogP contribution in [0, 0.1) is 0 Å². The summed E-state index contributed by atoms with van der Waals surface area (Å²) in [5.74, 6) is -0.534. The van der Waals surface area contributed by atoms with E-state index in [0.29, 0.717) is 12.3 Å². The Bertz CT molecular complexity index is 877. The highest BCUT2D eigenvalue weighted by molar-refractivity contribution is 6.35. The number of carbonyl (C=O) groups is 2. The molecule has 3 rings (SSSR count). The van der Waals surface area contributed by atoms with Crippen molar-refractivity contribution in [2.24, 2.45) is 0 Å². The average Bonchev–Trinajstić information content (AvgIpc) is 3.32. The van der Waals surface area contributed by atoms with E-state index in [-0.39, 0.29) is 12.6 Å². The molecule has 166 valence electrons. The fraction of sp³-hybridized carbons (Fsp3) is 0.417. The van der Waals surface area contributed by atoms with Crippen LogP contribution in [0.5, 0.6) is 5.75 Å². The van der Waals surface area contributed by atoms with Gasteiger partial charge in [-0.15, -0.1) is 0 Å². The van der Waals surface area contributed by atoms with Gasteiger partial charge in [-0.25, -0.2) is 0 Å². The maximum absolute atomic E-state index is 12.4. The maximum Gasteiger partial charge on any atom is 0.309 e. The molecule has 2 N–H and O–H groups in total. The lowest BCUT2D eigenvalue weighted by Crippen LogP contribution is -2.43. The normalized spacial score (nSPS) is 14.7. The quantitative estimate of drug-likeness (QED) is 0.637. The van der Waals surface area contributed by atoms with Crippen LogP contribution in [-0.2, 0) is 16.1 Å². The predicted octanol–water partition coefficient (Wildman–Crippen LogP) is 2.33. The van der Waals surface area contributed by atoms with Crippen molar-refractivity contribution in [2.75, 3.05) is 45.7 Å². The van der Waals surface area contributed by atoms with Gasteiger partial charge in [-0.1, -0.05) is 24.3 Å². The molecule has 2 aromatic rings. The number of hydrogen-bond donors (Lipinski definition) is 2. The Morgan fingerprint density at radius 2 is 1.71 bits per heavy atom. The van der Waals surface area contributed by atoms with Crippen LogP contribution in [0.4, 0.5) is 5.69 Å². The summed E-state index contributed by atoms with van der Waals surface area (Å²) < 4.78 is 5.19. The van der Waals surface area contributed by atoms with E-state index in [1.54, 1.807) is 7.11 Å². The van der Waals surface area contributed by atoms with Crippen LogP contribution >= 0.6 is 0 Å². The van der Waals surface area contributed by atoms with E-state index in [0.717, 1.165) is 42.7 Å². The van der Waals surface area contributed by atoms with E-state index in [9.17, 15) is 9.59 Å². The van der Waals surface area contributed by atoms with Gasteiger partial charge in [0.05, 0.1) is 13.2 Å². The molecule has 0 unspecified atom stereocenters. The van der Waals surface area contributed by atoms with Crippen LogP contribution in [0.3, 0.4) is 0 Å². The number of rotatable bonds is 8. The minimum atomic E-state index is -0.633. The lowest BCUT2D eigenvalue weighted by Gasteiger charge is -2.28. The standard InChI is InChI=1S/C24H32N4O3/c1-27(2)20-11-9-19(10-12-20)22(28-13-4-5-14-28)17-26-24(30)23(29)25-16-18-7-6-8-21(15-18)31-3/h6-12,15,22H,4-5,13-14,16-17H2,1-3H3,(H,25,29)(H,26,30)/t22-/m1/s1. The minimum absolute atomic E-state index is 0.0499. The first-order valence-corrected chi connectivity index (χ1v) is 10.7. The van der Waals surface area contributed by atoms with Gasteiger partial charge in [0, 0.05) is 32.9 Å². The molecule has 0 bridgehead atoms. The number of amides is 2. The third-order valence-corrected chi connectivity index (χ3v) is 5.63. The molecule has 1 heterocycles. The van der Waals surface area contributed by atoms with Gasteiger partial charge in [-0.05, 0) is 61.3 Å². The number of nitrogens with one attached hydrogen (secondary N) is 2. The first kappa shape index (κ1) is 22.6. The van der Waals surface area contributed by atoms with Crippen LogP contribution in [0.15, 0.2) is 48.5 Å². The van der Waals surface area contributed by atoms with Crippen molar-refractivity contribution >= 4 is 17.5 Å². The molecule has 2 aromatic carbocycles. The number of methoxy groups -OCH3 is 1. The number of anilines is 1. The molecule has 2 amide bonds. The highest BCUT2D eigenvalue weighted by Gasteiger charge is 2.25. The van der Waals surface area contributed by atoms with Crippen molar-refractivity contribution in [3.8, 4) is 5.75 Å². The predicted molar refractivity (Wildman–Crippen MR) is 122 cm³/mol. The van der Waals surface area contributed by atoms with Gasteiger partial charge in [0.1, 0.15) is 5.75 Å². The van der Waals surface area contributed by atoms with E-state index in [4.69, 9.17) is 4.74 Å². The van der Waals surface area contributed by atoms with E-state index >= 15 is 0 Å². The summed E-state index contributed by atoms with van der Waals surface area (Å²) >= 11 is 0. The Kier molecular flexibility index (Phi) is 7.89. The third kappa shape index (κ3) is 6.21. The number of benzene rings is 2. The molecule has 0 aliphatic carbocycles. The fourth-order valence-corrected chi connectivity index (χ4v) is 3.82. The van der Waals surface area contributed by atoms with Crippen LogP contribution in [0.1, 0.15) is 30.0 Å². The summed E-state index contributed by atoms with van der Waals surface area (Å²) in [6.07, 6.45) is 2.31. The number of hydrogen-bond acceptors (Lipinski definition) is 5. The molecule has 0 aromatic heterocycles. The molecule has 0 radical (unpaired) electrons. The van der Waals surface area contributed by atoms with E-state index in [2.05, 4.69) is 44.7 Å². The number of carbonyl (C=O) groups excluding carboxylic acids is 2. The first-order valence-electron chi connectivity index (χ1n) is 10.7. The summed E-state index contributed by atoms with van der Waals surface area (Å²) in [6.45, 7) is 2.66. The zero-order chi connectivity index (χ0) is 22.2. The summed E-state index contributed by atoms with van der Waals surface area (Å²) in [7, 11) is 5.62. The molecule has 0 saturated carbocycles. The summed E-state index contributed by atoms with van der Waals surface area (Å²) in [5.41, 5.74) is 3.14. The lowest BCUT2D eigenvalue weighted by atomic mass is 10.0. The molecule has 7 heteroatoms. The van der Waals surface area contributed by atoms with Gasteiger partial charge < -0.3 is 20.3 Å². The maximum atomic E-state index is 12.4. The average molecular weight is 425 g/mol. The zero-order valence-electron chi connectivity index (χ0n) is 18.6. The molecule has 31 heavy (non-hydrogen) atoms. The smallest absolute Gasteiger partial charge is 0.309 e. The molecule has 1 aliphatic heterocycles. The third-order valence-electron chi connectivity index (χ3n) is 5.63. The van der Waals surface area contributed by atoms with Gasteiger partial charge in [-0.2, -0.15) is 0 Å². The molecule has 1 atom stereocenters. The van der Waals surface area contributed by atoms with E-state index in [1.807, 2.05) is 38.4 Å². The van der Waals surface area contributed by atoms with Crippen LogP contribution in [0.25, 0.3) is 0 Å². The monoisotopic (exact) mass is 424 g/mol. The Labute approximate surface area is 184 Å². The highest BCUT2D eigenvalue weighted by atomic mass is 16.5. The van der Waals surface area contributed by atoms with Crippen LogP contribution in [-0.4, -0.2) is 57.6 Å². The Morgan fingerprint density at radius 1 is 1.03 bits per heavy atom. The molecular formula is C24H32N4O3. The molecule has 1 saturated heterocycles. The molecular weight excluding hydrogens is 392 g/mol. The van der Waals surface area contributed by atoms with Gasteiger partial charge in [-0.3, -0.25) is 14.5 Å².